The molecule has 0 bridgehead atoms. The molecule has 6 nitrogen and oxygen atoms in total. The van der Waals surface area contributed by atoms with Crippen molar-refractivity contribution in [1.82, 2.24) is 4.90 Å². The molecule has 8 heteroatoms. The van der Waals surface area contributed by atoms with Gasteiger partial charge in [-0.25, -0.2) is 0 Å². The second-order valence-corrected chi connectivity index (χ2v) is 6.42. The molecule has 0 spiro atoms. The lowest BCUT2D eigenvalue weighted by Gasteiger charge is -2.19. The van der Waals surface area contributed by atoms with Crippen molar-refractivity contribution in [2.75, 3.05) is 13.2 Å². The van der Waals surface area contributed by atoms with Crippen LogP contribution in [0.15, 0.2) is 42.5 Å². The molecule has 2 aromatic rings. The quantitative estimate of drug-likeness (QED) is 0.851. The van der Waals surface area contributed by atoms with Crippen molar-refractivity contribution in [1.29, 1.82) is 0 Å². The second kappa shape index (κ2) is 6.66. The van der Waals surface area contributed by atoms with Crippen LogP contribution in [0.1, 0.15) is 11.1 Å². The number of hydrogen-bond acceptors (Lipinski definition) is 6. The summed E-state index contributed by atoms with van der Waals surface area (Å²) in [5.74, 6) is 0.774. The Kier molecular flexibility index (Phi) is 4.59. The maximum absolute atomic E-state index is 12.5. The number of aromatic hydroxyl groups is 1. The number of phenolic OH excluding ortho intramolecular Hbond substituents is 1. The van der Waals surface area contributed by atoms with Gasteiger partial charge in [-0.3, -0.25) is 4.90 Å². The number of rotatable bonds is 4. The van der Waals surface area contributed by atoms with Gasteiger partial charge in [-0.15, -0.1) is 0 Å². The van der Waals surface area contributed by atoms with E-state index < -0.39 is 10.5 Å². The predicted molar refractivity (Wildman–Crippen MR) is 84.8 cm³/mol. The van der Waals surface area contributed by atoms with Crippen LogP contribution in [-0.4, -0.2) is 31.6 Å². The topological polar surface area (TPSA) is 76.1 Å². The smallest absolute Gasteiger partial charge is 0.488 e. The van der Waals surface area contributed by atoms with Crippen LogP contribution >= 0.6 is 0 Å². The Balaban J connectivity index is 1.68. The van der Waals surface area contributed by atoms with Gasteiger partial charge in [0.2, 0.25) is 0 Å². The van der Waals surface area contributed by atoms with Gasteiger partial charge in [0.05, 0.1) is 0 Å². The molecule has 3 rings (SSSR count). The summed E-state index contributed by atoms with van der Waals surface area (Å²) in [5, 5.41) is 9.51. The van der Waals surface area contributed by atoms with Gasteiger partial charge in [0.1, 0.15) is 23.9 Å². The Morgan fingerprint density at radius 1 is 1.21 bits per heavy atom. The number of fused-ring (bicyclic) bond motifs is 1. The van der Waals surface area contributed by atoms with Crippen LogP contribution in [0.3, 0.4) is 0 Å². The van der Waals surface area contributed by atoms with Crippen LogP contribution in [-0.2, 0) is 23.6 Å². The van der Waals surface area contributed by atoms with Crippen LogP contribution in [0.5, 0.6) is 17.2 Å². The lowest BCUT2D eigenvalue weighted by Crippen LogP contribution is -2.25. The first-order valence-electron chi connectivity index (χ1n) is 7.29. The Labute approximate surface area is 139 Å². The van der Waals surface area contributed by atoms with Crippen molar-refractivity contribution in [3.05, 3.63) is 53.6 Å². The molecule has 1 heterocycles. The summed E-state index contributed by atoms with van der Waals surface area (Å²) in [6, 6.07) is 11.2. The molecule has 0 aromatic heterocycles. The van der Waals surface area contributed by atoms with Gasteiger partial charge in [-0.05, 0) is 23.8 Å². The summed E-state index contributed by atoms with van der Waals surface area (Å²) in [4.78, 5) is 2.16. The number of ether oxygens (including phenoxy) is 1. The molecule has 0 atom stereocenters. The maximum Gasteiger partial charge on any atom is 0.488 e. The van der Waals surface area contributed by atoms with Crippen molar-refractivity contribution in [2.24, 2.45) is 0 Å². The van der Waals surface area contributed by atoms with E-state index in [1.54, 1.807) is 24.3 Å². The molecule has 128 valence electrons. The third-order valence-corrected chi connectivity index (χ3v) is 4.03. The van der Waals surface area contributed by atoms with Crippen LogP contribution in [0.25, 0.3) is 0 Å². The van der Waals surface area contributed by atoms with E-state index in [0.29, 0.717) is 32.0 Å². The summed E-state index contributed by atoms with van der Waals surface area (Å²) >= 11 is 0. The minimum Gasteiger partial charge on any atom is -0.508 e. The molecule has 0 saturated heterocycles. The monoisotopic (exact) mass is 353 g/mol. The number of phenols is 1. The molecular formula is C16H16FNO5S. The molecular weight excluding hydrogens is 337 g/mol. The highest BCUT2D eigenvalue weighted by Crippen LogP contribution is 2.28. The zero-order valence-corrected chi connectivity index (χ0v) is 13.5. The first-order valence-corrected chi connectivity index (χ1v) is 8.60. The number of benzene rings is 2. The van der Waals surface area contributed by atoms with Crippen LogP contribution in [0.4, 0.5) is 3.89 Å². The minimum absolute atomic E-state index is 0.0683. The van der Waals surface area contributed by atoms with Crippen molar-refractivity contribution in [3.8, 4) is 17.2 Å². The molecule has 1 N–H and O–H groups in total. The summed E-state index contributed by atoms with van der Waals surface area (Å²) in [6.07, 6.45) is 0. The fraction of sp³-hybridized carbons (Fsp3) is 0.250. The molecule has 1 aliphatic rings. The first-order chi connectivity index (χ1) is 11.4. The van der Waals surface area contributed by atoms with Crippen LogP contribution in [0, 0.1) is 0 Å². The number of hydrogen-bond donors (Lipinski definition) is 1. The van der Waals surface area contributed by atoms with Crippen molar-refractivity contribution in [3.63, 3.8) is 0 Å². The molecule has 2 aromatic carbocycles. The van der Waals surface area contributed by atoms with Crippen LogP contribution < -0.4 is 8.92 Å². The predicted octanol–water partition coefficient (Wildman–Crippen LogP) is 2.38. The van der Waals surface area contributed by atoms with Gasteiger partial charge in [-0.1, -0.05) is 22.1 Å². The van der Waals surface area contributed by atoms with E-state index in [2.05, 4.69) is 9.08 Å². The van der Waals surface area contributed by atoms with Gasteiger partial charge in [0.15, 0.2) is 0 Å². The third kappa shape index (κ3) is 4.36. The van der Waals surface area contributed by atoms with Crippen molar-refractivity contribution >= 4 is 10.5 Å². The molecule has 0 unspecified atom stereocenters. The molecule has 0 radical (unpaired) electrons. The van der Waals surface area contributed by atoms with Gasteiger partial charge in [0, 0.05) is 31.3 Å². The Bertz CT molecular complexity index is 823. The largest absolute Gasteiger partial charge is 0.508 e. The van der Waals surface area contributed by atoms with E-state index in [1.165, 1.54) is 12.1 Å². The Hall–Kier alpha value is -2.32. The third-order valence-electron chi connectivity index (χ3n) is 3.64. The molecule has 0 amide bonds. The zero-order chi connectivity index (χ0) is 17.2. The van der Waals surface area contributed by atoms with E-state index in [4.69, 9.17) is 4.74 Å². The van der Waals surface area contributed by atoms with Crippen molar-refractivity contribution < 1.29 is 26.3 Å². The average molecular weight is 353 g/mol. The van der Waals surface area contributed by atoms with E-state index in [1.807, 2.05) is 6.07 Å². The SMILES string of the molecule is O=S(=O)(F)Oc1ccc(CN2CCOc3cc(O)ccc3C2)cc1. The van der Waals surface area contributed by atoms with Crippen molar-refractivity contribution in [2.45, 2.75) is 13.1 Å². The average Bonchev–Trinajstić information content (AvgIpc) is 2.69. The second-order valence-electron chi connectivity index (χ2n) is 5.47. The Morgan fingerprint density at radius 2 is 1.96 bits per heavy atom. The summed E-state index contributed by atoms with van der Waals surface area (Å²) in [6.45, 7) is 2.48. The summed E-state index contributed by atoms with van der Waals surface area (Å²) in [5.41, 5.74) is 1.91. The lowest BCUT2D eigenvalue weighted by molar-refractivity contribution is 0.219. The van der Waals surface area contributed by atoms with Gasteiger partial charge >= 0.3 is 10.5 Å². The highest BCUT2D eigenvalue weighted by molar-refractivity contribution is 7.81. The number of nitrogens with zero attached hydrogens (tertiary/aromatic N) is 1. The minimum atomic E-state index is -5.01. The lowest BCUT2D eigenvalue weighted by atomic mass is 10.1. The van der Waals surface area contributed by atoms with E-state index in [-0.39, 0.29) is 11.5 Å². The molecule has 0 fully saturated rings. The fourth-order valence-electron chi connectivity index (χ4n) is 2.57. The molecule has 0 saturated carbocycles. The van der Waals surface area contributed by atoms with E-state index in [0.717, 1.165) is 11.1 Å². The standard InChI is InChI=1S/C16H16FNO5S/c17-24(20,21)23-15-5-1-12(2-6-15)10-18-7-8-22-16-9-14(19)4-3-13(16)11-18/h1-6,9,19H,7-8,10-11H2. The summed E-state index contributed by atoms with van der Waals surface area (Å²) < 4.78 is 43.2. The van der Waals surface area contributed by atoms with E-state index >= 15 is 0 Å². The molecule has 0 aliphatic carbocycles. The fourth-order valence-corrected chi connectivity index (χ4v) is 2.91. The summed E-state index contributed by atoms with van der Waals surface area (Å²) in [7, 11) is -5.01. The highest BCUT2D eigenvalue weighted by atomic mass is 32.3. The highest BCUT2D eigenvalue weighted by Gasteiger charge is 2.16. The maximum atomic E-state index is 12.5. The van der Waals surface area contributed by atoms with E-state index in [9.17, 15) is 17.4 Å². The molecule has 1 aliphatic heterocycles. The first kappa shape index (κ1) is 16.5. The van der Waals surface area contributed by atoms with Gasteiger partial charge in [0.25, 0.3) is 0 Å². The Morgan fingerprint density at radius 3 is 2.67 bits per heavy atom. The van der Waals surface area contributed by atoms with Gasteiger partial charge in [-0.2, -0.15) is 8.42 Å². The van der Waals surface area contributed by atoms with Gasteiger partial charge < -0.3 is 14.0 Å². The molecule has 24 heavy (non-hydrogen) atoms. The normalized spacial score (nSPS) is 15.2. The zero-order valence-electron chi connectivity index (χ0n) is 12.7. The number of halogens is 1. The van der Waals surface area contributed by atoms with Crippen LogP contribution in [0.2, 0.25) is 0 Å².